The topological polar surface area (TPSA) is 199 Å². The smallest absolute Gasteiger partial charge is 0.466 e. The Bertz CT molecular complexity index is 1600. The number of phosphoric acid groups is 1. The first-order valence-corrected chi connectivity index (χ1v) is 17.0. The Labute approximate surface area is 289 Å². The van der Waals surface area contributed by atoms with Crippen LogP contribution in [-0.4, -0.2) is 89.1 Å². The second kappa shape index (κ2) is 17.5. The van der Waals surface area contributed by atoms with Gasteiger partial charge in [0.25, 0.3) is 0 Å². The first-order valence-electron chi connectivity index (χ1n) is 14.7. The molecule has 1 fully saturated rings. The van der Waals surface area contributed by atoms with Crippen molar-refractivity contribution >= 4 is 65.8 Å². The maximum atomic E-state index is 13.2. The maximum absolute atomic E-state index is 13.2. The monoisotopic (exact) mass is 726 g/mol. The third kappa shape index (κ3) is 10.9. The number of allylic oxidation sites excluding steroid dienone is 1. The van der Waals surface area contributed by atoms with Crippen molar-refractivity contribution in [3.63, 3.8) is 0 Å². The highest BCUT2D eigenvalue weighted by Gasteiger charge is 2.23. The molecule has 0 aliphatic carbocycles. The van der Waals surface area contributed by atoms with Crippen LogP contribution in [0.15, 0.2) is 48.9 Å². The van der Waals surface area contributed by atoms with Crippen LogP contribution in [0.4, 0.5) is 33.5 Å². The molecule has 0 atom stereocenters. The van der Waals surface area contributed by atoms with Gasteiger partial charge in [-0.25, -0.2) is 19.3 Å². The minimum absolute atomic E-state index is 0.143. The summed E-state index contributed by atoms with van der Waals surface area (Å²) in [5.41, 5.74) is 8.95. The molecular formula is C30H41Cl2N8O7P. The van der Waals surface area contributed by atoms with Crippen molar-refractivity contribution in [1.29, 1.82) is 0 Å². The number of halogens is 2. The van der Waals surface area contributed by atoms with Crippen LogP contribution in [0.5, 0.6) is 11.5 Å². The summed E-state index contributed by atoms with van der Waals surface area (Å²) < 4.78 is 19.5. The molecule has 0 bridgehead atoms. The summed E-state index contributed by atoms with van der Waals surface area (Å²) in [5, 5.41) is 6.39. The first-order chi connectivity index (χ1) is 22.7. The molecular weight excluding hydrogens is 686 g/mol. The number of methoxy groups -OCH3 is 2. The van der Waals surface area contributed by atoms with Crippen LogP contribution in [0.1, 0.15) is 19.4 Å². The summed E-state index contributed by atoms with van der Waals surface area (Å²) in [7, 11) is -0.145. The van der Waals surface area contributed by atoms with Gasteiger partial charge in [0.15, 0.2) is 0 Å². The molecule has 2 amide bonds. The third-order valence-electron chi connectivity index (χ3n) is 7.34. The lowest BCUT2D eigenvalue weighted by molar-refractivity contribution is 0.209. The predicted molar refractivity (Wildman–Crippen MR) is 189 cm³/mol. The van der Waals surface area contributed by atoms with Gasteiger partial charge >= 0.3 is 13.9 Å². The van der Waals surface area contributed by atoms with Gasteiger partial charge in [0.05, 0.1) is 19.9 Å². The van der Waals surface area contributed by atoms with Crippen molar-refractivity contribution in [2.75, 3.05) is 67.9 Å². The number of hydrogen-bond acceptors (Lipinski definition) is 10. The average Bonchev–Trinajstić information content (AvgIpc) is 3.05. The van der Waals surface area contributed by atoms with E-state index < -0.39 is 13.9 Å². The summed E-state index contributed by atoms with van der Waals surface area (Å²) in [6.45, 7) is 8.48. The van der Waals surface area contributed by atoms with Crippen molar-refractivity contribution in [2.45, 2.75) is 26.3 Å². The normalized spacial score (nSPS) is 13.6. The van der Waals surface area contributed by atoms with E-state index in [1.807, 2.05) is 12.1 Å². The Morgan fingerprint density at radius 3 is 2.21 bits per heavy atom. The molecule has 1 aromatic heterocycles. The van der Waals surface area contributed by atoms with E-state index in [9.17, 15) is 4.79 Å². The van der Waals surface area contributed by atoms with Crippen molar-refractivity contribution in [3.8, 4) is 11.5 Å². The van der Waals surface area contributed by atoms with E-state index in [1.165, 1.54) is 31.1 Å². The zero-order chi connectivity index (χ0) is 35.6. The Morgan fingerprint density at radius 2 is 1.67 bits per heavy atom. The summed E-state index contributed by atoms with van der Waals surface area (Å²) in [4.78, 5) is 49.7. The van der Waals surface area contributed by atoms with Gasteiger partial charge in [-0.15, -0.1) is 0 Å². The Balaban J connectivity index is 0.00000116. The number of aromatic nitrogens is 2. The number of hydrogen-bond donors (Lipinski definition) is 6. The number of nitrogens with two attached hydrogens (primary N) is 1. The zero-order valence-corrected chi connectivity index (χ0v) is 29.6. The number of piperazine rings is 1. The molecule has 1 aliphatic heterocycles. The summed E-state index contributed by atoms with van der Waals surface area (Å²) in [6.07, 6.45) is 5.49. The molecule has 1 saturated heterocycles. The minimum atomic E-state index is -4.64. The van der Waals surface area contributed by atoms with Crippen LogP contribution >= 0.6 is 31.0 Å². The number of nitrogens with one attached hydrogen (secondary N) is 2. The number of carbonyl (C=O) groups is 1. The molecule has 18 heteroatoms. The van der Waals surface area contributed by atoms with Gasteiger partial charge < -0.3 is 45.4 Å². The second-order valence-electron chi connectivity index (χ2n) is 10.8. The molecule has 0 spiro atoms. The molecule has 0 saturated carbocycles. The van der Waals surface area contributed by atoms with Crippen molar-refractivity contribution in [3.05, 3.63) is 64.5 Å². The van der Waals surface area contributed by atoms with E-state index in [4.69, 9.17) is 57.7 Å². The lowest BCUT2D eigenvalue weighted by Crippen LogP contribution is -2.48. The number of carbonyl (C=O) groups excluding carboxylic acids is 1. The predicted octanol–water partition coefficient (Wildman–Crippen LogP) is 4.83. The number of ether oxygens (including phenoxy) is 2. The Hall–Kier alpha value is -3.82. The molecule has 7 N–H and O–H groups in total. The fourth-order valence-electron chi connectivity index (χ4n) is 4.79. The van der Waals surface area contributed by atoms with E-state index >= 15 is 0 Å². The van der Waals surface area contributed by atoms with Crippen molar-refractivity contribution < 1.29 is 33.5 Å². The first kappa shape index (κ1) is 38.6. The summed E-state index contributed by atoms with van der Waals surface area (Å²) in [6, 6.07) is 9.58. The van der Waals surface area contributed by atoms with Crippen LogP contribution in [0.25, 0.3) is 0 Å². The van der Waals surface area contributed by atoms with Crippen LogP contribution < -0.4 is 35.6 Å². The molecule has 0 radical (unpaired) electrons. The van der Waals surface area contributed by atoms with E-state index in [-0.39, 0.29) is 15.7 Å². The maximum Gasteiger partial charge on any atom is 0.466 e. The van der Waals surface area contributed by atoms with E-state index in [1.54, 1.807) is 25.4 Å². The van der Waals surface area contributed by atoms with Gasteiger partial charge in [0.2, 0.25) is 0 Å². The molecule has 262 valence electrons. The third-order valence-corrected chi connectivity index (χ3v) is 8.09. The highest BCUT2D eigenvalue weighted by atomic mass is 35.5. The quantitative estimate of drug-likeness (QED) is 0.156. The highest BCUT2D eigenvalue weighted by Crippen LogP contribution is 2.44. The fraction of sp³-hybridized carbons (Fsp3) is 0.367. The molecule has 3 aromatic rings. The number of amides is 2. The SMILES string of the molecule is COc1cc(OC)c(Cl)c(NC(=O)N(C)c2cc(Nc3ccc(N4CCN(C(C)C)CC4)cc3CC=CN)ncn2)c1Cl.O=P(O)(O)O. The average molecular weight is 728 g/mol. The van der Waals surface area contributed by atoms with Gasteiger partial charge in [0.1, 0.15) is 39.5 Å². The number of rotatable bonds is 10. The van der Waals surface area contributed by atoms with E-state index in [0.29, 0.717) is 35.6 Å². The minimum Gasteiger partial charge on any atom is -0.495 e. The Morgan fingerprint density at radius 1 is 1.06 bits per heavy atom. The van der Waals surface area contributed by atoms with Crippen LogP contribution in [-0.2, 0) is 11.0 Å². The fourth-order valence-corrected chi connectivity index (χ4v) is 5.38. The molecule has 2 heterocycles. The standard InChI is InChI=1S/C30H38Cl2N8O3.H3O4P/c1-19(2)39-11-13-40(14-12-39)21-8-9-22(20(15-21)7-6-10-33)36-25-17-26(35-18-34-25)38(3)30(41)37-29-27(31)23(42-4)16-24(43-5)28(29)32;1-5(2,3)4/h6,8-10,15-19H,7,11-14,33H2,1-5H3,(H,37,41)(H,34,35,36);(H3,1,2,3,4). The zero-order valence-electron chi connectivity index (χ0n) is 27.2. The summed E-state index contributed by atoms with van der Waals surface area (Å²) >= 11 is 12.9. The van der Waals surface area contributed by atoms with Gasteiger partial charge in [0, 0.05) is 62.8 Å². The van der Waals surface area contributed by atoms with E-state index in [0.717, 1.165) is 37.4 Å². The van der Waals surface area contributed by atoms with Gasteiger partial charge in [-0.05, 0) is 50.2 Å². The molecule has 48 heavy (non-hydrogen) atoms. The lowest BCUT2D eigenvalue weighted by Gasteiger charge is -2.38. The summed E-state index contributed by atoms with van der Waals surface area (Å²) in [5.74, 6) is 1.47. The number of benzene rings is 2. The molecule has 1 aliphatic rings. The number of nitrogens with zero attached hydrogens (tertiary/aromatic N) is 5. The lowest BCUT2D eigenvalue weighted by atomic mass is 10.1. The van der Waals surface area contributed by atoms with Gasteiger partial charge in [-0.2, -0.15) is 0 Å². The number of urea groups is 1. The van der Waals surface area contributed by atoms with Gasteiger partial charge in [-0.3, -0.25) is 9.80 Å². The molecule has 4 rings (SSSR count). The van der Waals surface area contributed by atoms with Gasteiger partial charge in [-0.1, -0.05) is 29.3 Å². The van der Waals surface area contributed by atoms with Crippen LogP contribution in [0.3, 0.4) is 0 Å². The second-order valence-corrected chi connectivity index (χ2v) is 12.5. The van der Waals surface area contributed by atoms with Crippen molar-refractivity contribution in [1.82, 2.24) is 14.9 Å². The van der Waals surface area contributed by atoms with Crippen LogP contribution in [0, 0.1) is 0 Å². The number of anilines is 5. The van der Waals surface area contributed by atoms with Crippen LogP contribution in [0.2, 0.25) is 10.0 Å². The van der Waals surface area contributed by atoms with E-state index in [2.05, 4.69) is 56.4 Å². The Kier molecular flexibility index (Phi) is 14.1. The molecule has 0 unspecified atom stereocenters. The molecule has 15 nitrogen and oxygen atoms in total. The van der Waals surface area contributed by atoms with Crippen molar-refractivity contribution in [2.24, 2.45) is 5.73 Å². The largest absolute Gasteiger partial charge is 0.495 e. The molecule has 2 aromatic carbocycles. The highest BCUT2D eigenvalue weighted by molar-refractivity contribution is 7.45.